The van der Waals surface area contributed by atoms with E-state index in [4.69, 9.17) is 5.11 Å². The molecule has 0 aromatic rings. The van der Waals surface area contributed by atoms with Crippen molar-refractivity contribution in [2.45, 2.75) is 125 Å². The van der Waals surface area contributed by atoms with Gasteiger partial charge in [0.25, 0.3) is 0 Å². The minimum atomic E-state index is -8.90. The largest absolute Gasteiger partial charge is 0.481 e. The van der Waals surface area contributed by atoms with Crippen LogP contribution in [0.25, 0.3) is 0 Å². The maximum absolute atomic E-state index is 14.2. The van der Waals surface area contributed by atoms with Crippen molar-refractivity contribution in [2.75, 3.05) is 0 Å². The predicted molar refractivity (Wildman–Crippen MR) is 109 cm³/mol. The molecule has 0 bridgehead atoms. The zero-order chi connectivity index (χ0) is 34.7. The van der Waals surface area contributed by atoms with Gasteiger partial charge in [-0.05, 0) is 12.8 Å². The summed E-state index contributed by atoms with van der Waals surface area (Å²) in [5, 5.41) is 8.47. The first-order valence-electron chi connectivity index (χ1n) is 12.1. The van der Waals surface area contributed by atoms with Gasteiger partial charge in [-0.1, -0.05) is 51.9 Å². The molecule has 0 rings (SSSR count). The van der Waals surface area contributed by atoms with Crippen LogP contribution in [0, 0.1) is 5.92 Å². The van der Waals surface area contributed by atoms with Gasteiger partial charge in [-0.2, -0.15) is 83.4 Å². The number of alkyl halides is 19. The van der Waals surface area contributed by atoms with Crippen molar-refractivity contribution in [3.8, 4) is 0 Å². The lowest BCUT2D eigenvalue weighted by atomic mass is 9.83. The van der Waals surface area contributed by atoms with Crippen molar-refractivity contribution >= 4 is 5.97 Å². The van der Waals surface area contributed by atoms with Crippen molar-refractivity contribution in [3.63, 3.8) is 0 Å². The average molecular weight is 682 g/mol. The third kappa shape index (κ3) is 7.35. The third-order valence-electron chi connectivity index (χ3n) is 6.54. The van der Waals surface area contributed by atoms with Crippen LogP contribution in [-0.4, -0.2) is 64.6 Å². The second-order valence-corrected chi connectivity index (χ2v) is 9.80. The fourth-order valence-electron chi connectivity index (χ4n) is 3.65. The second kappa shape index (κ2) is 13.2. The molecule has 258 valence electrons. The number of carboxylic acids is 1. The minimum Gasteiger partial charge on any atom is -0.481 e. The molecule has 0 spiro atoms. The maximum atomic E-state index is 14.2. The lowest BCUT2D eigenvalue weighted by Crippen LogP contribution is -2.76. The highest BCUT2D eigenvalue weighted by Gasteiger charge is 2.96. The summed E-state index contributed by atoms with van der Waals surface area (Å²) in [4.78, 5) is 10.4. The summed E-state index contributed by atoms with van der Waals surface area (Å²) in [6, 6.07) is 0. The normalized spacial score (nSPS) is 16.0. The quantitative estimate of drug-likeness (QED) is 0.109. The summed E-state index contributed by atoms with van der Waals surface area (Å²) in [6.45, 7) is 0.0232. The van der Waals surface area contributed by atoms with Crippen LogP contribution >= 0.6 is 0 Å². The first kappa shape index (κ1) is 41.1. The molecule has 0 saturated carbocycles. The number of carbonyl (C=O) groups is 1. The molecule has 0 radical (unpaired) electrons. The van der Waals surface area contributed by atoms with Crippen molar-refractivity contribution in [3.05, 3.63) is 0 Å². The SMILES string of the molecule is CC(CCCCCCCCCCC(=O)O)C(F)(F)C(F)(F)C(F)(F)C(F)(F)C(F)(F)C(F)(F)C(F)(F)C(F)(F)C(F)(F)F. The van der Waals surface area contributed by atoms with E-state index in [9.17, 15) is 88.2 Å². The van der Waals surface area contributed by atoms with Gasteiger partial charge in [0.15, 0.2) is 0 Å². The van der Waals surface area contributed by atoms with Crippen LogP contribution in [0.5, 0.6) is 0 Å². The first-order chi connectivity index (χ1) is 18.8. The van der Waals surface area contributed by atoms with E-state index in [1.54, 1.807) is 0 Å². The molecule has 0 saturated heterocycles. The van der Waals surface area contributed by atoms with Crippen molar-refractivity contribution in [2.24, 2.45) is 5.92 Å². The summed E-state index contributed by atoms with van der Waals surface area (Å²) in [5.41, 5.74) is 0. The standard InChI is InChI=1S/C22H25F19O2/c1-12(10-8-6-4-2-3-5-7-9-11-13(42)43)14(23,24)15(25,26)16(27,28)17(29,30)18(31,32)19(33,34)20(35,36)21(37,38)22(39,40)41/h12H,2-11H2,1H3,(H,42,43). The van der Waals surface area contributed by atoms with Gasteiger partial charge in [0.05, 0.1) is 0 Å². The molecule has 0 amide bonds. The number of hydrogen-bond acceptors (Lipinski definition) is 1. The Morgan fingerprint density at radius 3 is 1.07 bits per heavy atom. The molecule has 0 aliphatic carbocycles. The van der Waals surface area contributed by atoms with E-state index in [0.717, 1.165) is 0 Å². The van der Waals surface area contributed by atoms with Gasteiger partial charge in [-0.15, -0.1) is 0 Å². The Hall–Kier alpha value is -1.86. The summed E-state index contributed by atoms with van der Waals surface area (Å²) in [6.07, 6.45) is -7.27. The molecule has 0 fully saturated rings. The number of hydrogen-bond donors (Lipinski definition) is 1. The smallest absolute Gasteiger partial charge is 0.460 e. The van der Waals surface area contributed by atoms with E-state index in [0.29, 0.717) is 32.1 Å². The molecular formula is C22H25F19O2. The van der Waals surface area contributed by atoms with Crippen LogP contribution in [0.1, 0.15) is 71.1 Å². The van der Waals surface area contributed by atoms with E-state index in [-0.39, 0.29) is 26.2 Å². The minimum absolute atomic E-state index is 0.0232. The summed E-state index contributed by atoms with van der Waals surface area (Å²) >= 11 is 0. The average Bonchev–Trinajstić information content (AvgIpc) is 2.83. The lowest BCUT2D eigenvalue weighted by Gasteiger charge is -2.44. The van der Waals surface area contributed by atoms with E-state index >= 15 is 0 Å². The van der Waals surface area contributed by atoms with Gasteiger partial charge in [0.2, 0.25) is 0 Å². The van der Waals surface area contributed by atoms with Crippen molar-refractivity contribution < 1.29 is 93.3 Å². The summed E-state index contributed by atoms with van der Waals surface area (Å²) in [5.74, 6) is -70.4. The van der Waals surface area contributed by atoms with Gasteiger partial charge in [0, 0.05) is 12.3 Å². The Morgan fingerprint density at radius 1 is 0.465 bits per heavy atom. The van der Waals surface area contributed by atoms with Gasteiger partial charge in [-0.3, -0.25) is 4.79 Å². The highest BCUT2D eigenvalue weighted by molar-refractivity contribution is 5.66. The Bertz CT molecular complexity index is 911. The molecule has 43 heavy (non-hydrogen) atoms. The number of halogens is 19. The monoisotopic (exact) mass is 682 g/mol. The molecule has 0 heterocycles. The van der Waals surface area contributed by atoms with Crippen LogP contribution in [0.15, 0.2) is 0 Å². The van der Waals surface area contributed by atoms with Crippen LogP contribution < -0.4 is 0 Å². The molecule has 1 N–H and O–H groups in total. The second-order valence-electron chi connectivity index (χ2n) is 9.80. The van der Waals surface area contributed by atoms with Gasteiger partial charge in [-0.25, -0.2) is 0 Å². The predicted octanol–water partition coefficient (Wildman–Crippen LogP) is 10.3. The fourth-order valence-corrected chi connectivity index (χ4v) is 3.65. The molecule has 1 unspecified atom stereocenters. The topological polar surface area (TPSA) is 37.3 Å². The van der Waals surface area contributed by atoms with Gasteiger partial charge in [0.1, 0.15) is 0 Å². The molecule has 21 heteroatoms. The number of carboxylic acid groups (broad SMARTS) is 1. The van der Waals surface area contributed by atoms with Crippen LogP contribution in [0.4, 0.5) is 83.4 Å². The maximum Gasteiger partial charge on any atom is 0.460 e. The fraction of sp³-hybridized carbons (Fsp3) is 0.955. The first-order valence-corrected chi connectivity index (χ1v) is 12.1. The summed E-state index contributed by atoms with van der Waals surface area (Å²) < 4.78 is 255. The molecule has 1 atom stereocenters. The molecule has 2 nitrogen and oxygen atoms in total. The zero-order valence-electron chi connectivity index (χ0n) is 21.7. The van der Waals surface area contributed by atoms with E-state index in [1.807, 2.05) is 0 Å². The summed E-state index contributed by atoms with van der Waals surface area (Å²) in [7, 11) is 0. The molecule has 0 aliphatic rings. The third-order valence-corrected chi connectivity index (χ3v) is 6.54. The van der Waals surface area contributed by atoms with Crippen LogP contribution in [0.3, 0.4) is 0 Å². The molecule has 0 aliphatic heterocycles. The molecular weight excluding hydrogens is 657 g/mol. The highest BCUT2D eigenvalue weighted by Crippen LogP contribution is 2.65. The number of rotatable bonds is 19. The van der Waals surface area contributed by atoms with E-state index < -0.39 is 78.3 Å². The lowest BCUT2D eigenvalue weighted by molar-refractivity contribution is -0.470. The molecule has 0 aromatic carbocycles. The zero-order valence-corrected chi connectivity index (χ0v) is 21.7. The van der Waals surface area contributed by atoms with Gasteiger partial charge >= 0.3 is 59.5 Å². The van der Waals surface area contributed by atoms with Crippen molar-refractivity contribution in [1.29, 1.82) is 0 Å². The van der Waals surface area contributed by atoms with Crippen LogP contribution in [-0.2, 0) is 4.79 Å². The van der Waals surface area contributed by atoms with Gasteiger partial charge < -0.3 is 5.11 Å². The van der Waals surface area contributed by atoms with Crippen molar-refractivity contribution in [1.82, 2.24) is 0 Å². The Labute approximate surface area is 231 Å². The highest BCUT2D eigenvalue weighted by atomic mass is 19.4. The van der Waals surface area contributed by atoms with Crippen LogP contribution in [0.2, 0.25) is 0 Å². The Balaban J connectivity index is 5.82. The Kier molecular flexibility index (Phi) is 12.7. The number of unbranched alkanes of at least 4 members (excludes halogenated alkanes) is 7. The molecule has 0 aromatic heterocycles. The van der Waals surface area contributed by atoms with E-state index in [2.05, 4.69) is 0 Å². The Morgan fingerprint density at radius 2 is 0.744 bits per heavy atom. The number of aliphatic carboxylic acids is 1. The van der Waals surface area contributed by atoms with E-state index in [1.165, 1.54) is 0 Å².